The van der Waals surface area contributed by atoms with Crippen LogP contribution in [-0.4, -0.2) is 31.1 Å². The van der Waals surface area contributed by atoms with Crippen molar-refractivity contribution in [3.8, 4) is 0 Å². The lowest BCUT2D eigenvalue weighted by atomic mass is 9.81. The largest absolute Gasteiger partial charge is 0.314 e. The molecule has 0 aromatic heterocycles. The number of nitrogens with zero attached hydrogens (tertiary/aromatic N) is 1. The minimum Gasteiger partial charge on any atom is -0.314 e. The third-order valence-electron chi connectivity index (χ3n) is 3.52. The van der Waals surface area contributed by atoms with Gasteiger partial charge in [0.25, 0.3) is 0 Å². The first-order valence-electron chi connectivity index (χ1n) is 6.69. The van der Waals surface area contributed by atoms with Crippen molar-refractivity contribution in [2.45, 2.75) is 26.8 Å². The molecule has 0 aliphatic carbocycles. The van der Waals surface area contributed by atoms with Gasteiger partial charge < -0.3 is 5.32 Å². The van der Waals surface area contributed by atoms with Crippen molar-refractivity contribution in [3.63, 3.8) is 0 Å². The molecule has 0 unspecified atom stereocenters. The molecule has 18 heavy (non-hydrogen) atoms. The first-order chi connectivity index (χ1) is 8.48. The lowest BCUT2D eigenvalue weighted by Crippen LogP contribution is -2.48. The van der Waals surface area contributed by atoms with Crippen LogP contribution in [0.25, 0.3) is 0 Å². The second-order valence-electron chi connectivity index (χ2n) is 6.11. The maximum atomic E-state index is 13.1. The highest BCUT2D eigenvalue weighted by molar-refractivity contribution is 5.22. The number of nitrogens with one attached hydrogen (secondary N) is 1. The van der Waals surface area contributed by atoms with Crippen LogP contribution in [0.4, 0.5) is 4.39 Å². The molecule has 0 bridgehead atoms. The summed E-state index contributed by atoms with van der Waals surface area (Å²) in [5, 5.41) is 3.38. The summed E-state index contributed by atoms with van der Waals surface area (Å²) in [4.78, 5) is 2.50. The van der Waals surface area contributed by atoms with E-state index in [0.29, 0.717) is 6.04 Å². The Kier molecular flexibility index (Phi) is 4.03. The summed E-state index contributed by atoms with van der Waals surface area (Å²) in [5.41, 5.74) is 1.36. The maximum absolute atomic E-state index is 13.1. The fourth-order valence-electron chi connectivity index (χ4n) is 2.84. The van der Waals surface area contributed by atoms with Crippen molar-refractivity contribution in [1.29, 1.82) is 0 Å². The van der Waals surface area contributed by atoms with Gasteiger partial charge in [0.15, 0.2) is 0 Å². The van der Waals surface area contributed by atoms with Crippen LogP contribution in [0.3, 0.4) is 0 Å². The zero-order chi connectivity index (χ0) is 13.2. The van der Waals surface area contributed by atoms with Gasteiger partial charge in [-0.1, -0.05) is 32.9 Å². The van der Waals surface area contributed by atoms with Crippen molar-refractivity contribution in [2.75, 3.05) is 26.2 Å². The number of benzene rings is 1. The maximum Gasteiger partial charge on any atom is 0.123 e. The standard InChI is InChI=1S/C15H23FN2/c1-15(2,3)14(18-10-8-17-9-11-18)12-4-6-13(16)7-5-12/h4-7,14,17H,8-11H2,1-3H3/t14-/m1/s1. The Labute approximate surface area is 109 Å². The van der Waals surface area contributed by atoms with E-state index in [9.17, 15) is 4.39 Å². The van der Waals surface area contributed by atoms with Gasteiger partial charge >= 0.3 is 0 Å². The second kappa shape index (κ2) is 5.37. The summed E-state index contributed by atoms with van der Waals surface area (Å²) in [6, 6.07) is 7.33. The molecule has 1 atom stereocenters. The zero-order valence-electron chi connectivity index (χ0n) is 11.5. The van der Waals surface area contributed by atoms with E-state index in [1.54, 1.807) is 12.1 Å². The van der Waals surface area contributed by atoms with Gasteiger partial charge in [0.2, 0.25) is 0 Å². The molecule has 1 aliphatic heterocycles. The van der Waals surface area contributed by atoms with Crippen LogP contribution in [0.5, 0.6) is 0 Å². The molecule has 1 aromatic rings. The summed E-state index contributed by atoms with van der Waals surface area (Å²) < 4.78 is 13.1. The fourth-order valence-corrected chi connectivity index (χ4v) is 2.84. The molecule has 1 heterocycles. The van der Waals surface area contributed by atoms with E-state index in [2.05, 4.69) is 31.0 Å². The van der Waals surface area contributed by atoms with Crippen molar-refractivity contribution >= 4 is 0 Å². The molecule has 100 valence electrons. The summed E-state index contributed by atoms with van der Waals surface area (Å²) in [6.07, 6.45) is 0. The number of hydrogen-bond donors (Lipinski definition) is 1. The van der Waals surface area contributed by atoms with Gasteiger partial charge in [-0.15, -0.1) is 0 Å². The van der Waals surface area contributed by atoms with Crippen LogP contribution in [0.1, 0.15) is 32.4 Å². The van der Waals surface area contributed by atoms with Crippen LogP contribution in [0.2, 0.25) is 0 Å². The van der Waals surface area contributed by atoms with Crippen molar-refractivity contribution < 1.29 is 4.39 Å². The Morgan fingerprint density at radius 2 is 1.67 bits per heavy atom. The molecule has 0 radical (unpaired) electrons. The SMILES string of the molecule is CC(C)(C)[C@@H](c1ccc(F)cc1)N1CCNCC1. The van der Waals surface area contributed by atoms with Gasteiger partial charge in [0.05, 0.1) is 0 Å². The summed E-state index contributed by atoms with van der Waals surface area (Å²) >= 11 is 0. The van der Waals surface area contributed by atoms with Crippen molar-refractivity contribution in [3.05, 3.63) is 35.6 Å². The molecule has 3 heteroatoms. The molecule has 1 aliphatic rings. The predicted molar refractivity (Wildman–Crippen MR) is 73.0 cm³/mol. The van der Waals surface area contributed by atoms with Gasteiger partial charge in [-0.2, -0.15) is 0 Å². The molecule has 0 amide bonds. The lowest BCUT2D eigenvalue weighted by Gasteiger charge is -2.42. The molecule has 0 spiro atoms. The van der Waals surface area contributed by atoms with E-state index in [-0.39, 0.29) is 11.2 Å². The van der Waals surface area contributed by atoms with E-state index < -0.39 is 0 Å². The fraction of sp³-hybridized carbons (Fsp3) is 0.600. The number of rotatable bonds is 2. The smallest absolute Gasteiger partial charge is 0.123 e. The average molecular weight is 250 g/mol. The van der Waals surface area contributed by atoms with E-state index in [1.807, 2.05) is 12.1 Å². The number of piperazine rings is 1. The molecule has 2 nitrogen and oxygen atoms in total. The molecule has 0 saturated carbocycles. The molecular formula is C15H23FN2. The highest BCUT2D eigenvalue weighted by Gasteiger charge is 2.32. The topological polar surface area (TPSA) is 15.3 Å². The van der Waals surface area contributed by atoms with Gasteiger partial charge in [-0.05, 0) is 23.1 Å². The first kappa shape index (κ1) is 13.5. The van der Waals surface area contributed by atoms with Crippen LogP contribution < -0.4 is 5.32 Å². The monoisotopic (exact) mass is 250 g/mol. The molecular weight excluding hydrogens is 227 g/mol. The van der Waals surface area contributed by atoms with E-state index in [4.69, 9.17) is 0 Å². The quantitative estimate of drug-likeness (QED) is 0.868. The molecule has 1 aromatic carbocycles. The Morgan fingerprint density at radius 3 is 2.17 bits per heavy atom. The summed E-state index contributed by atoms with van der Waals surface area (Å²) in [5.74, 6) is -0.160. The van der Waals surface area contributed by atoms with E-state index >= 15 is 0 Å². The Balaban J connectivity index is 2.27. The summed E-state index contributed by atoms with van der Waals surface area (Å²) in [7, 11) is 0. The zero-order valence-corrected chi connectivity index (χ0v) is 11.5. The Morgan fingerprint density at radius 1 is 1.11 bits per heavy atom. The van der Waals surface area contributed by atoms with E-state index in [0.717, 1.165) is 26.2 Å². The van der Waals surface area contributed by atoms with Crippen molar-refractivity contribution in [1.82, 2.24) is 10.2 Å². The second-order valence-corrected chi connectivity index (χ2v) is 6.11. The molecule has 1 fully saturated rings. The van der Waals surface area contributed by atoms with Gasteiger partial charge in [-0.3, -0.25) is 4.90 Å². The minimum atomic E-state index is -0.160. The average Bonchev–Trinajstić information content (AvgIpc) is 2.32. The van der Waals surface area contributed by atoms with Crippen LogP contribution in [0.15, 0.2) is 24.3 Å². The lowest BCUT2D eigenvalue weighted by molar-refractivity contribution is 0.0862. The van der Waals surface area contributed by atoms with Gasteiger partial charge in [-0.25, -0.2) is 4.39 Å². The molecule has 1 saturated heterocycles. The van der Waals surface area contributed by atoms with E-state index in [1.165, 1.54) is 5.56 Å². The molecule has 1 N–H and O–H groups in total. The normalized spacial score (nSPS) is 19.8. The highest BCUT2D eigenvalue weighted by atomic mass is 19.1. The summed E-state index contributed by atoms with van der Waals surface area (Å²) in [6.45, 7) is 10.9. The van der Waals surface area contributed by atoms with Gasteiger partial charge in [0.1, 0.15) is 5.82 Å². The highest BCUT2D eigenvalue weighted by Crippen LogP contribution is 2.38. The Hall–Kier alpha value is -0.930. The van der Waals surface area contributed by atoms with Gasteiger partial charge in [0, 0.05) is 32.2 Å². The number of hydrogen-bond acceptors (Lipinski definition) is 2. The van der Waals surface area contributed by atoms with Crippen LogP contribution in [0, 0.1) is 11.2 Å². The third-order valence-corrected chi connectivity index (χ3v) is 3.52. The number of halogens is 1. The third kappa shape index (κ3) is 3.09. The van der Waals surface area contributed by atoms with Crippen LogP contribution in [-0.2, 0) is 0 Å². The van der Waals surface area contributed by atoms with Crippen LogP contribution >= 0.6 is 0 Å². The first-order valence-corrected chi connectivity index (χ1v) is 6.69. The van der Waals surface area contributed by atoms with Crippen molar-refractivity contribution in [2.24, 2.45) is 5.41 Å². The molecule has 2 rings (SSSR count). The minimum absolute atomic E-state index is 0.148. The predicted octanol–water partition coefficient (Wildman–Crippen LogP) is 2.82. The Bertz CT molecular complexity index is 374.